The van der Waals surface area contributed by atoms with Crippen LogP contribution in [0.4, 0.5) is 0 Å². The van der Waals surface area contributed by atoms with Gasteiger partial charge < -0.3 is 21.1 Å². The summed E-state index contributed by atoms with van der Waals surface area (Å²) in [6, 6.07) is 17.5. The molecule has 0 heterocycles. The van der Waals surface area contributed by atoms with Gasteiger partial charge in [-0.2, -0.15) is 0 Å². The zero-order valence-electron chi connectivity index (χ0n) is 22.6. The minimum Gasteiger partial charge on any atom is -0.489 e. The van der Waals surface area contributed by atoms with Crippen LogP contribution in [0, 0.1) is 17.8 Å². The summed E-state index contributed by atoms with van der Waals surface area (Å²) >= 11 is 0. The second-order valence-electron chi connectivity index (χ2n) is 11.1. The fraction of sp³-hybridized carbons (Fsp3) is 0.548. The van der Waals surface area contributed by atoms with Crippen LogP contribution in [-0.4, -0.2) is 30.4 Å². The summed E-state index contributed by atoms with van der Waals surface area (Å²) in [5.41, 5.74) is 7.94. The Morgan fingerprint density at radius 1 is 0.895 bits per heavy atom. The van der Waals surface area contributed by atoms with Gasteiger partial charge in [-0.05, 0) is 93.0 Å². The zero-order valence-corrected chi connectivity index (χ0v) is 23.4. The van der Waals surface area contributed by atoms with E-state index in [-0.39, 0.29) is 36.2 Å². The van der Waals surface area contributed by atoms with Crippen molar-refractivity contribution in [3.05, 3.63) is 65.7 Å². The Morgan fingerprint density at radius 3 is 2.18 bits per heavy atom. The number of hydrogen-bond acceptors (Lipinski definition) is 4. The van der Waals surface area contributed by atoms with Crippen LogP contribution >= 0.6 is 12.4 Å². The van der Waals surface area contributed by atoms with Crippen LogP contribution in [-0.2, 0) is 22.6 Å². The fourth-order valence-electron chi connectivity index (χ4n) is 5.56. The average molecular weight is 542 g/mol. The maximum absolute atomic E-state index is 13.4. The molecule has 4 rings (SSSR count). The molecule has 2 aromatic carbocycles. The first-order valence-corrected chi connectivity index (χ1v) is 14.1. The summed E-state index contributed by atoms with van der Waals surface area (Å²) < 4.78 is 5.91. The minimum atomic E-state index is -0.588. The SMILES string of the molecule is CC1CCC(NC(=O)[C@H](Cc2ccc(OCc3ccccc3)cc2)NC(=O)[C@H]2CC[C@H](CN)CC2)CC1.Cl. The molecule has 2 fully saturated rings. The maximum Gasteiger partial charge on any atom is 0.243 e. The molecule has 0 radical (unpaired) electrons. The minimum absolute atomic E-state index is 0. The molecule has 208 valence electrons. The molecule has 2 saturated carbocycles. The van der Waals surface area contributed by atoms with Crippen molar-refractivity contribution in [2.45, 2.75) is 83.4 Å². The number of ether oxygens (including phenoxy) is 1. The van der Waals surface area contributed by atoms with E-state index >= 15 is 0 Å². The molecule has 2 aliphatic carbocycles. The quantitative estimate of drug-likeness (QED) is 0.386. The molecule has 4 N–H and O–H groups in total. The van der Waals surface area contributed by atoms with Crippen LogP contribution in [0.3, 0.4) is 0 Å². The fourth-order valence-corrected chi connectivity index (χ4v) is 5.56. The van der Waals surface area contributed by atoms with Gasteiger partial charge in [0.25, 0.3) is 0 Å². The third-order valence-electron chi connectivity index (χ3n) is 8.16. The van der Waals surface area contributed by atoms with Crippen LogP contribution in [0.15, 0.2) is 54.6 Å². The predicted octanol–water partition coefficient (Wildman–Crippen LogP) is 5.17. The Bertz CT molecular complexity index is 985. The van der Waals surface area contributed by atoms with Gasteiger partial charge in [0.15, 0.2) is 0 Å². The summed E-state index contributed by atoms with van der Waals surface area (Å²) in [4.78, 5) is 26.5. The lowest BCUT2D eigenvalue weighted by molar-refractivity contribution is -0.132. The zero-order chi connectivity index (χ0) is 26.0. The van der Waals surface area contributed by atoms with Gasteiger partial charge in [0, 0.05) is 18.4 Å². The molecule has 7 heteroatoms. The highest BCUT2D eigenvalue weighted by Gasteiger charge is 2.30. The Labute approximate surface area is 233 Å². The first kappa shape index (κ1) is 30.0. The Balaban J connectivity index is 0.00000400. The van der Waals surface area contributed by atoms with Crippen molar-refractivity contribution in [1.82, 2.24) is 10.6 Å². The molecule has 2 aromatic rings. The van der Waals surface area contributed by atoms with Gasteiger partial charge >= 0.3 is 0 Å². The van der Waals surface area contributed by atoms with Gasteiger partial charge in [-0.3, -0.25) is 9.59 Å². The molecule has 2 aliphatic rings. The Kier molecular flexibility index (Phi) is 11.9. The van der Waals surface area contributed by atoms with Crippen LogP contribution in [0.5, 0.6) is 5.75 Å². The van der Waals surface area contributed by atoms with E-state index in [9.17, 15) is 9.59 Å². The first-order valence-electron chi connectivity index (χ1n) is 14.1. The third kappa shape index (κ3) is 9.02. The molecule has 38 heavy (non-hydrogen) atoms. The van der Waals surface area contributed by atoms with Crippen molar-refractivity contribution in [3.63, 3.8) is 0 Å². The highest BCUT2D eigenvalue weighted by molar-refractivity contribution is 5.89. The number of nitrogens with one attached hydrogen (secondary N) is 2. The highest BCUT2D eigenvalue weighted by Crippen LogP contribution is 2.28. The molecule has 6 nitrogen and oxygen atoms in total. The molecule has 0 unspecified atom stereocenters. The molecule has 0 aromatic heterocycles. The van der Waals surface area contributed by atoms with Gasteiger partial charge in [0.1, 0.15) is 18.4 Å². The summed E-state index contributed by atoms with van der Waals surface area (Å²) in [6.07, 6.45) is 8.39. The number of halogens is 1. The molecular formula is C31H44ClN3O3. The van der Waals surface area contributed by atoms with Crippen LogP contribution in [0.2, 0.25) is 0 Å². The molecule has 0 bridgehead atoms. The lowest BCUT2D eigenvalue weighted by atomic mass is 9.81. The normalized spacial score (nSPS) is 23.9. The van der Waals surface area contributed by atoms with Crippen molar-refractivity contribution < 1.29 is 14.3 Å². The molecule has 2 amide bonds. The Morgan fingerprint density at radius 2 is 1.55 bits per heavy atom. The highest BCUT2D eigenvalue weighted by atomic mass is 35.5. The average Bonchev–Trinajstić information content (AvgIpc) is 2.94. The number of amides is 2. The summed E-state index contributed by atoms with van der Waals surface area (Å²) in [6.45, 7) is 3.46. The smallest absolute Gasteiger partial charge is 0.243 e. The second-order valence-corrected chi connectivity index (χ2v) is 11.1. The summed E-state index contributed by atoms with van der Waals surface area (Å²) in [5, 5.41) is 6.35. The van der Waals surface area contributed by atoms with Crippen molar-refractivity contribution in [2.75, 3.05) is 6.54 Å². The van der Waals surface area contributed by atoms with E-state index in [1.54, 1.807) is 0 Å². The number of nitrogens with two attached hydrogens (primary N) is 1. The number of hydrogen-bond donors (Lipinski definition) is 3. The van der Waals surface area contributed by atoms with Crippen molar-refractivity contribution in [1.29, 1.82) is 0 Å². The van der Waals surface area contributed by atoms with E-state index in [2.05, 4.69) is 17.6 Å². The third-order valence-corrected chi connectivity index (χ3v) is 8.16. The largest absolute Gasteiger partial charge is 0.489 e. The topological polar surface area (TPSA) is 93.5 Å². The maximum atomic E-state index is 13.4. The van der Waals surface area contributed by atoms with Crippen molar-refractivity contribution in [3.8, 4) is 5.75 Å². The molecule has 0 spiro atoms. The molecule has 0 saturated heterocycles. The van der Waals surface area contributed by atoms with Crippen LogP contribution in [0.25, 0.3) is 0 Å². The number of carbonyl (C=O) groups is 2. The molecule has 0 aliphatic heterocycles. The second kappa shape index (κ2) is 15.1. The lowest BCUT2D eigenvalue weighted by Gasteiger charge is -2.30. The van der Waals surface area contributed by atoms with E-state index in [0.717, 1.165) is 74.2 Å². The summed E-state index contributed by atoms with van der Waals surface area (Å²) in [5.74, 6) is 1.89. The van der Waals surface area contributed by atoms with Crippen molar-refractivity contribution >= 4 is 24.2 Å². The van der Waals surface area contributed by atoms with E-state index in [4.69, 9.17) is 10.5 Å². The summed E-state index contributed by atoms with van der Waals surface area (Å²) in [7, 11) is 0. The van der Waals surface area contributed by atoms with Crippen LogP contribution < -0.4 is 21.1 Å². The van der Waals surface area contributed by atoms with Crippen molar-refractivity contribution in [2.24, 2.45) is 23.5 Å². The van der Waals surface area contributed by atoms with Gasteiger partial charge in [0.2, 0.25) is 11.8 Å². The monoisotopic (exact) mass is 541 g/mol. The number of rotatable bonds is 10. The van der Waals surface area contributed by atoms with E-state index in [1.807, 2.05) is 54.6 Å². The van der Waals surface area contributed by atoms with Gasteiger partial charge in [0.05, 0.1) is 0 Å². The van der Waals surface area contributed by atoms with Gasteiger partial charge in [-0.1, -0.05) is 49.4 Å². The first-order chi connectivity index (χ1) is 18.0. The molecule has 1 atom stereocenters. The van der Waals surface area contributed by atoms with Gasteiger partial charge in [-0.25, -0.2) is 0 Å². The van der Waals surface area contributed by atoms with Crippen LogP contribution in [0.1, 0.15) is 69.4 Å². The standard InChI is InChI=1S/C31H43N3O3.ClH/c1-22-7-15-27(16-8-22)33-31(36)29(34-30(35)26-13-9-24(20-32)10-14-26)19-23-11-17-28(18-12-23)37-21-25-5-3-2-4-6-25;/h2-6,11-12,17-18,22,24,26-27,29H,7-10,13-16,19-21,32H2,1H3,(H,33,36)(H,34,35);1H/t22?,24-,26-,27?,29-;/m0./s1. The van der Waals surface area contributed by atoms with Gasteiger partial charge in [-0.15, -0.1) is 12.4 Å². The van der Waals surface area contributed by atoms with E-state index < -0.39 is 6.04 Å². The van der Waals surface area contributed by atoms with E-state index in [0.29, 0.717) is 25.5 Å². The van der Waals surface area contributed by atoms with E-state index in [1.165, 1.54) is 0 Å². The number of carbonyl (C=O) groups excluding carboxylic acids is 2. The number of benzene rings is 2. The molecular weight excluding hydrogens is 498 g/mol. The Hall–Kier alpha value is -2.57. The predicted molar refractivity (Wildman–Crippen MR) is 154 cm³/mol. The lowest BCUT2D eigenvalue weighted by Crippen LogP contribution is -2.52.